The average Bonchev–Trinajstić information content (AvgIpc) is 2.83. The van der Waals surface area contributed by atoms with E-state index in [1.54, 1.807) is 0 Å². The Labute approximate surface area is 125 Å². The van der Waals surface area contributed by atoms with Crippen LogP contribution in [-0.2, 0) is 6.54 Å². The second-order valence-corrected chi connectivity index (χ2v) is 5.76. The molecule has 0 unspecified atom stereocenters. The second-order valence-electron chi connectivity index (χ2n) is 5.76. The van der Waals surface area contributed by atoms with Gasteiger partial charge in [0, 0.05) is 24.6 Å². The van der Waals surface area contributed by atoms with Crippen molar-refractivity contribution in [1.82, 2.24) is 9.55 Å². The van der Waals surface area contributed by atoms with Crippen molar-refractivity contribution in [2.75, 3.05) is 19.8 Å². The zero-order valence-electron chi connectivity index (χ0n) is 12.8. The number of aryl methyl sites for hydroxylation is 1. The van der Waals surface area contributed by atoms with Crippen LogP contribution in [0.15, 0.2) is 12.1 Å². The van der Waals surface area contributed by atoms with Crippen LogP contribution in [0.4, 0.5) is 0 Å². The first-order chi connectivity index (χ1) is 10.2. The van der Waals surface area contributed by atoms with Gasteiger partial charge in [-0.3, -0.25) is 0 Å². The lowest BCUT2D eigenvalue weighted by atomic mass is 10.2. The molecule has 2 N–H and O–H groups in total. The summed E-state index contributed by atoms with van der Waals surface area (Å²) < 4.78 is 13.6. The van der Waals surface area contributed by atoms with Crippen LogP contribution >= 0.6 is 0 Å². The minimum Gasteiger partial charge on any atom is -0.486 e. The molecular formula is C16H23N3O2. The van der Waals surface area contributed by atoms with Crippen LogP contribution < -0.4 is 15.2 Å². The lowest BCUT2D eigenvalue weighted by Crippen LogP contribution is -2.15. The molecule has 1 aromatic heterocycles. The van der Waals surface area contributed by atoms with Crippen molar-refractivity contribution in [3.8, 4) is 11.5 Å². The van der Waals surface area contributed by atoms with Gasteiger partial charge in [-0.1, -0.05) is 13.8 Å². The maximum atomic E-state index is 5.70. The molecular weight excluding hydrogens is 266 g/mol. The van der Waals surface area contributed by atoms with E-state index in [1.165, 1.54) is 0 Å². The fourth-order valence-electron chi connectivity index (χ4n) is 2.77. The number of nitrogens with two attached hydrogens (primary N) is 1. The van der Waals surface area contributed by atoms with Crippen LogP contribution in [-0.4, -0.2) is 29.3 Å². The highest BCUT2D eigenvalue weighted by Gasteiger charge is 2.19. The third-order valence-corrected chi connectivity index (χ3v) is 3.79. The smallest absolute Gasteiger partial charge is 0.163 e. The zero-order valence-corrected chi connectivity index (χ0v) is 12.8. The highest BCUT2D eigenvalue weighted by atomic mass is 16.6. The number of fused-ring (bicyclic) bond motifs is 2. The number of nitrogens with zero attached hydrogens (tertiary/aromatic N) is 2. The number of unbranched alkanes of at least 4 members (excludes halogenated alkanes) is 1. The standard InChI is InChI=1S/C16H23N3O2/c1-11(2)16-18-12-9-14-15(21-8-7-20-14)10-13(12)19(16)6-4-3-5-17/h9-11H,3-8,17H2,1-2H3. The zero-order chi connectivity index (χ0) is 14.8. The Morgan fingerprint density at radius 2 is 1.90 bits per heavy atom. The largest absolute Gasteiger partial charge is 0.486 e. The van der Waals surface area contributed by atoms with E-state index in [0.29, 0.717) is 19.1 Å². The summed E-state index contributed by atoms with van der Waals surface area (Å²) in [4.78, 5) is 4.80. The molecule has 0 fully saturated rings. The van der Waals surface area contributed by atoms with Crippen LogP contribution in [0.25, 0.3) is 11.0 Å². The molecule has 1 aliphatic heterocycles. The molecule has 0 atom stereocenters. The Morgan fingerprint density at radius 3 is 2.57 bits per heavy atom. The number of rotatable bonds is 5. The number of benzene rings is 1. The Bertz CT molecular complexity index is 634. The number of hydrogen-bond acceptors (Lipinski definition) is 4. The van der Waals surface area contributed by atoms with E-state index >= 15 is 0 Å². The van der Waals surface area contributed by atoms with Crippen molar-refractivity contribution in [2.45, 2.75) is 39.2 Å². The molecule has 0 amide bonds. The van der Waals surface area contributed by atoms with Gasteiger partial charge in [-0.05, 0) is 19.4 Å². The molecule has 0 saturated heterocycles. The van der Waals surface area contributed by atoms with E-state index in [-0.39, 0.29) is 0 Å². The molecule has 5 heteroatoms. The first kappa shape index (κ1) is 14.2. The van der Waals surface area contributed by atoms with Crippen LogP contribution in [0, 0.1) is 0 Å². The highest BCUT2D eigenvalue weighted by Crippen LogP contribution is 2.35. The summed E-state index contributed by atoms with van der Waals surface area (Å²) in [6.45, 7) is 7.24. The predicted octanol–water partition coefficient (Wildman–Crippen LogP) is 2.67. The molecule has 0 radical (unpaired) electrons. The van der Waals surface area contributed by atoms with E-state index in [2.05, 4.69) is 24.5 Å². The molecule has 0 saturated carbocycles. The van der Waals surface area contributed by atoms with Crippen molar-refractivity contribution in [3.05, 3.63) is 18.0 Å². The van der Waals surface area contributed by atoms with E-state index < -0.39 is 0 Å². The van der Waals surface area contributed by atoms with Crippen LogP contribution in [0.5, 0.6) is 11.5 Å². The van der Waals surface area contributed by atoms with Gasteiger partial charge in [0.05, 0.1) is 11.0 Å². The Hall–Kier alpha value is -1.75. The minimum absolute atomic E-state index is 0.383. The average molecular weight is 289 g/mol. The fraction of sp³-hybridized carbons (Fsp3) is 0.562. The third kappa shape index (κ3) is 2.70. The Kier molecular flexibility index (Phi) is 4.01. The first-order valence-corrected chi connectivity index (χ1v) is 7.70. The summed E-state index contributed by atoms with van der Waals surface area (Å²) in [5.74, 6) is 3.12. The highest BCUT2D eigenvalue weighted by molar-refractivity contribution is 5.81. The van der Waals surface area contributed by atoms with Gasteiger partial charge in [-0.25, -0.2) is 4.98 Å². The van der Waals surface area contributed by atoms with Crippen LogP contribution in [0.2, 0.25) is 0 Å². The lowest BCUT2D eigenvalue weighted by molar-refractivity contribution is 0.172. The summed E-state index contributed by atoms with van der Waals surface area (Å²) in [7, 11) is 0. The van der Waals surface area contributed by atoms with E-state index in [9.17, 15) is 0 Å². The molecule has 114 valence electrons. The van der Waals surface area contributed by atoms with Gasteiger partial charge in [0.2, 0.25) is 0 Å². The molecule has 1 aliphatic rings. The lowest BCUT2D eigenvalue weighted by Gasteiger charge is -2.18. The normalized spacial score (nSPS) is 14.1. The van der Waals surface area contributed by atoms with Gasteiger partial charge in [0.15, 0.2) is 11.5 Å². The molecule has 0 bridgehead atoms. The molecule has 2 heterocycles. The van der Waals surface area contributed by atoms with Crippen molar-refractivity contribution in [1.29, 1.82) is 0 Å². The minimum atomic E-state index is 0.383. The molecule has 2 aromatic rings. The number of ether oxygens (including phenoxy) is 2. The van der Waals surface area contributed by atoms with Gasteiger partial charge in [0.1, 0.15) is 19.0 Å². The number of aromatic nitrogens is 2. The number of imidazole rings is 1. The quantitative estimate of drug-likeness (QED) is 0.860. The molecule has 3 rings (SSSR count). The van der Waals surface area contributed by atoms with Crippen molar-refractivity contribution >= 4 is 11.0 Å². The van der Waals surface area contributed by atoms with Crippen molar-refractivity contribution in [3.63, 3.8) is 0 Å². The van der Waals surface area contributed by atoms with Crippen molar-refractivity contribution < 1.29 is 9.47 Å². The maximum Gasteiger partial charge on any atom is 0.163 e. The topological polar surface area (TPSA) is 62.3 Å². The summed E-state index contributed by atoms with van der Waals surface area (Å²) in [6, 6.07) is 4.06. The summed E-state index contributed by atoms with van der Waals surface area (Å²) in [6.07, 6.45) is 2.10. The maximum absolute atomic E-state index is 5.70. The molecule has 0 spiro atoms. The van der Waals surface area contributed by atoms with E-state index in [0.717, 1.165) is 54.3 Å². The SMILES string of the molecule is CC(C)c1nc2cc3c(cc2n1CCCCN)OCCO3. The van der Waals surface area contributed by atoms with Gasteiger partial charge in [0.25, 0.3) is 0 Å². The Balaban J connectivity index is 2.05. The van der Waals surface area contributed by atoms with Crippen molar-refractivity contribution in [2.24, 2.45) is 5.73 Å². The van der Waals surface area contributed by atoms with Crippen LogP contribution in [0.3, 0.4) is 0 Å². The molecule has 1 aromatic carbocycles. The molecule has 21 heavy (non-hydrogen) atoms. The van der Waals surface area contributed by atoms with Gasteiger partial charge < -0.3 is 19.8 Å². The summed E-state index contributed by atoms with van der Waals surface area (Å²) in [5, 5.41) is 0. The van der Waals surface area contributed by atoms with Crippen LogP contribution in [0.1, 0.15) is 38.4 Å². The first-order valence-electron chi connectivity index (χ1n) is 7.70. The monoisotopic (exact) mass is 289 g/mol. The van der Waals surface area contributed by atoms with Gasteiger partial charge in [-0.15, -0.1) is 0 Å². The summed E-state index contributed by atoms with van der Waals surface area (Å²) >= 11 is 0. The molecule has 5 nitrogen and oxygen atoms in total. The van der Waals surface area contributed by atoms with E-state index in [1.807, 2.05) is 6.07 Å². The van der Waals surface area contributed by atoms with Gasteiger partial charge >= 0.3 is 0 Å². The molecule has 0 aliphatic carbocycles. The van der Waals surface area contributed by atoms with Gasteiger partial charge in [-0.2, -0.15) is 0 Å². The predicted molar refractivity (Wildman–Crippen MR) is 83.1 cm³/mol. The Morgan fingerprint density at radius 1 is 1.19 bits per heavy atom. The second kappa shape index (κ2) is 5.93. The van der Waals surface area contributed by atoms with E-state index in [4.69, 9.17) is 20.2 Å². The third-order valence-electron chi connectivity index (χ3n) is 3.79. The summed E-state index contributed by atoms with van der Waals surface area (Å²) in [5.41, 5.74) is 7.72. The fourth-order valence-corrected chi connectivity index (χ4v) is 2.77. The number of hydrogen-bond donors (Lipinski definition) is 1.